The van der Waals surface area contributed by atoms with Crippen LogP contribution in [0.5, 0.6) is 0 Å². The molecule has 3 N–H and O–H groups in total. The Kier molecular flexibility index (Phi) is 4.65. The van der Waals surface area contributed by atoms with Crippen LogP contribution < -0.4 is 11.3 Å². The molecule has 1 atom stereocenters. The number of nitrogens with two attached hydrogens (primary N) is 1. The van der Waals surface area contributed by atoms with Crippen molar-refractivity contribution in [2.75, 3.05) is 0 Å². The lowest BCUT2D eigenvalue weighted by Crippen LogP contribution is -2.37. The quantitative estimate of drug-likeness (QED) is 0.613. The highest BCUT2D eigenvalue weighted by molar-refractivity contribution is 5.18. The van der Waals surface area contributed by atoms with Gasteiger partial charge in [0.25, 0.3) is 0 Å². The first-order valence-corrected chi connectivity index (χ1v) is 6.36. The van der Waals surface area contributed by atoms with Crippen molar-refractivity contribution in [3.05, 3.63) is 53.9 Å². The molecule has 1 unspecified atom stereocenters. The average molecular weight is 262 g/mol. The average Bonchev–Trinajstić information content (AvgIpc) is 2.82. The third-order valence-electron chi connectivity index (χ3n) is 3.30. The number of benzene rings is 1. The van der Waals surface area contributed by atoms with Crippen molar-refractivity contribution in [1.82, 2.24) is 15.0 Å². The SMILES string of the molecule is Cn1ccnc1CCC(Cc1ccccc1F)NN. The number of nitrogens with one attached hydrogen (secondary N) is 1. The monoisotopic (exact) mass is 262 g/mol. The van der Waals surface area contributed by atoms with Crippen molar-refractivity contribution in [1.29, 1.82) is 0 Å². The molecule has 0 spiro atoms. The number of halogens is 1. The van der Waals surface area contributed by atoms with Gasteiger partial charge in [0, 0.05) is 31.9 Å². The van der Waals surface area contributed by atoms with Crippen LogP contribution in [-0.4, -0.2) is 15.6 Å². The molecule has 0 saturated heterocycles. The van der Waals surface area contributed by atoms with Gasteiger partial charge in [0.15, 0.2) is 0 Å². The van der Waals surface area contributed by atoms with E-state index in [-0.39, 0.29) is 11.9 Å². The van der Waals surface area contributed by atoms with Crippen LogP contribution in [0.4, 0.5) is 4.39 Å². The van der Waals surface area contributed by atoms with Gasteiger partial charge >= 0.3 is 0 Å². The number of nitrogens with zero attached hydrogens (tertiary/aromatic N) is 2. The number of hydrogen-bond donors (Lipinski definition) is 2. The molecule has 1 heterocycles. The Hall–Kier alpha value is -1.72. The Bertz CT molecular complexity index is 524. The van der Waals surface area contributed by atoms with Crippen molar-refractivity contribution in [3.8, 4) is 0 Å². The Balaban J connectivity index is 1.94. The molecule has 2 rings (SSSR count). The zero-order valence-electron chi connectivity index (χ0n) is 11.0. The molecule has 1 aromatic carbocycles. The second-order valence-corrected chi connectivity index (χ2v) is 4.65. The number of hydrogen-bond acceptors (Lipinski definition) is 3. The summed E-state index contributed by atoms with van der Waals surface area (Å²) in [5.74, 6) is 6.38. The van der Waals surface area contributed by atoms with E-state index in [1.54, 1.807) is 18.3 Å². The molecule has 2 aromatic rings. The molecular weight excluding hydrogens is 243 g/mol. The minimum atomic E-state index is -0.181. The fourth-order valence-electron chi connectivity index (χ4n) is 2.11. The van der Waals surface area contributed by atoms with E-state index in [9.17, 15) is 4.39 Å². The molecule has 0 amide bonds. The highest BCUT2D eigenvalue weighted by Crippen LogP contribution is 2.12. The van der Waals surface area contributed by atoms with E-state index in [4.69, 9.17) is 5.84 Å². The van der Waals surface area contributed by atoms with Crippen molar-refractivity contribution >= 4 is 0 Å². The van der Waals surface area contributed by atoms with Crippen molar-refractivity contribution in [3.63, 3.8) is 0 Å². The Labute approximate surface area is 112 Å². The first kappa shape index (κ1) is 13.7. The van der Waals surface area contributed by atoms with Crippen LogP contribution in [0.1, 0.15) is 17.8 Å². The summed E-state index contributed by atoms with van der Waals surface area (Å²) in [6.07, 6.45) is 5.89. The van der Waals surface area contributed by atoms with Gasteiger partial charge in [-0.2, -0.15) is 0 Å². The van der Waals surface area contributed by atoms with Crippen molar-refractivity contribution in [2.24, 2.45) is 12.9 Å². The molecule has 1 aromatic heterocycles. The first-order chi connectivity index (χ1) is 9.20. The van der Waals surface area contributed by atoms with Crippen molar-refractivity contribution in [2.45, 2.75) is 25.3 Å². The zero-order valence-corrected chi connectivity index (χ0v) is 11.0. The minimum absolute atomic E-state index is 0.0357. The van der Waals surface area contributed by atoms with Crippen LogP contribution in [-0.2, 0) is 19.9 Å². The Morgan fingerprint density at radius 2 is 2.21 bits per heavy atom. The lowest BCUT2D eigenvalue weighted by Gasteiger charge is -2.16. The number of imidazole rings is 1. The van der Waals surface area contributed by atoms with E-state index in [1.807, 2.05) is 23.9 Å². The molecule has 0 aliphatic carbocycles. The summed E-state index contributed by atoms with van der Waals surface area (Å²) in [5, 5.41) is 0. The van der Waals surface area contributed by atoms with Gasteiger partial charge in [0.2, 0.25) is 0 Å². The van der Waals surface area contributed by atoms with Crippen LogP contribution in [0.25, 0.3) is 0 Å². The molecule has 0 radical (unpaired) electrons. The van der Waals surface area contributed by atoms with Gasteiger partial charge in [-0.1, -0.05) is 18.2 Å². The number of hydrazine groups is 1. The lowest BCUT2D eigenvalue weighted by molar-refractivity contribution is 0.473. The summed E-state index contributed by atoms with van der Waals surface area (Å²) in [5.41, 5.74) is 3.44. The fourth-order valence-corrected chi connectivity index (χ4v) is 2.11. The normalized spacial score (nSPS) is 12.6. The molecule has 0 aliphatic rings. The van der Waals surface area contributed by atoms with Crippen LogP contribution >= 0.6 is 0 Å². The molecule has 0 aliphatic heterocycles. The third-order valence-corrected chi connectivity index (χ3v) is 3.30. The topological polar surface area (TPSA) is 55.9 Å². The summed E-state index contributed by atoms with van der Waals surface area (Å²) in [6.45, 7) is 0. The molecule has 5 heteroatoms. The van der Waals surface area contributed by atoms with Gasteiger partial charge in [-0.05, 0) is 24.5 Å². The van der Waals surface area contributed by atoms with E-state index in [0.29, 0.717) is 12.0 Å². The zero-order chi connectivity index (χ0) is 13.7. The van der Waals surface area contributed by atoms with Gasteiger partial charge in [-0.15, -0.1) is 0 Å². The van der Waals surface area contributed by atoms with Crippen LogP contribution in [0.2, 0.25) is 0 Å². The fraction of sp³-hybridized carbons (Fsp3) is 0.357. The highest BCUT2D eigenvalue weighted by Gasteiger charge is 2.12. The summed E-state index contributed by atoms with van der Waals surface area (Å²) < 4.78 is 15.6. The van der Waals surface area contributed by atoms with Gasteiger partial charge in [0.05, 0.1) is 0 Å². The van der Waals surface area contributed by atoms with E-state index in [2.05, 4.69) is 10.4 Å². The predicted octanol–water partition coefficient (Wildman–Crippen LogP) is 1.57. The maximum atomic E-state index is 13.6. The van der Waals surface area contributed by atoms with E-state index >= 15 is 0 Å². The molecular formula is C14H19FN4. The highest BCUT2D eigenvalue weighted by atomic mass is 19.1. The minimum Gasteiger partial charge on any atom is -0.338 e. The lowest BCUT2D eigenvalue weighted by atomic mass is 10.0. The molecule has 102 valence electrons. The second kappa shape index (κ2) is 6.45. The molecule has 0 saturated carbocycles. The Morgan fingerprint density at radius 3 is 2.84 bits per heavy atom. The van der Waals surface area contributed by atoms with Gasteiger partial charge in [-0.25, -0.2) is 9.37 Å². The summed E-state index contributed by atoms with van der Waals surface area (Å²) in [7, 11) is 1.96. The third kappa shape index (κ3) is 3.62. The van der Waals surface area contributed by atoms with E-state index < -0.39 is 0 Å². The van der Waals surface area contributed by atoms with E-state index in [1.165, 1.54) is 6.07 Å². The summed E-state index contributed by atoms with van der Waals surface area (Å²) >= 11 is 0. The predicted molar refractivity (Wildman–Crippen MR) is 72.7 cm³/mol. The summed E-state index contributed by atoms with van der Waals surface area (Å²) in [4.78, 5) is 4.27. The number of rotatable bonds is 6. The molecule has 4 nitrogen and oxygen atoms in total. The van der Waals surface area contributed by atoms with Crippen LogP contribution in [0.3, 0.4) is 0 Å². The maximum Gasteiger partial charge on any atom is 0.126 e. The first-order valence-electron chi connectivity index (χ1n) is 6.36. The van der Waals surface area contributed by atoms with Crippen LogP contribution in [0, 0.1) is 5.82 Å². The summed E-state index contributed by atoms with van der Waals surface area (Å²) in [6, 6.07) is 6.83. The Morgan fingerprint density at radius 1 is 1.42 bits per heavy atom. The largest absolute Gasteiger partial charge is 0.338 e. The van der Waals surface area contributed by atoms with Crippen LogP contribution in [0.15, 0.2) is 36.7 Å². The van der Waals surface area contributed by atoms with Gasteiger partial charge in [-0.3, -0.25) is 11.3 Å². The van der Waals surface area contributed by atoms with Crippen molar-refractivity contribution < 1.29 is 4.39 Å². The number of aryl methyl sites for hydroxylation is 2. The second-order valence-electron chi connectivity index (χ2n) is 4.65. The van der Waals surface area contributed by atoms with E-state index in [0.717, 1.165) is 18.7 Å². The van der Waals surface area contributed by atoms with Gasteiger partial charge in [0.1, 0.15) is 11.6 Å². The molecule has 19 heavy (non-hydrogen) atoms. The standard InChI is InChI=1S/C14H19FN4/c1-19-9-8-17-14(19)7-6-12(18-16)10-11-4-2-3-5-13(11)15/h2-5,8-9,12,18H,6-7,10,16H2,1H3. The number of aromatic nitrogens is 2. The maximum absolute atomic E-state index is 13.6. The molecule has 0 fully saturated rings. The smallest absolute Gasteiger partial charge is 0.126 e. The molecule has 0 bridgehead atoms. The van der Waals surface area contributed by atoms with Gasteiger partial charge < -0.3 is 4.57 Å².